The topological polar surface area (TPSA) is 106 Å². The van der Waals surface area contributed by atoms with E-state index in [4.69, 9.17) is 4.74 Å². The van der Waals surface area contributed by atoms with Gasteiger partial charge in [0.2, 0.25) is 10.0 Å². The molecular formula is C25H34N6O3SSi. The van der Waals surface area contributed by atoms with E-state index in [9.17, 15) is 13.7 Å². The molecule has 9 nitrogen and oxygen atoms in total. The van der Waals surface area contributed by atoms with Crippen LogP contribution >= 0.6 is 0 Å². The minimum absolute atomic E-state index is 0.202. The van der Waals surface area contributed by atoms with Gasteiger partial charge in [-0.05, 0) is 43.5 Å². The van der Waals surface area contributed by atoms with Crippen LogP contribution < -0.4 is 0 Å². The summed E-state index contributed by atoms with van der Waals surface area (Å²) < 4.78 is 36.5. The van der Waals surface area contributed by atoms with E-state index in [1.165, 1.54) is 4.31 Å². The number of hydrogen-bond donors (Lipinski definition) is 0. The predicted octanol–water partition coefficient (Wildman–Crippen LogP) is 4.02. The highest BCUT2D eigenvalue weighted by Gasteiger charge is 2.59. The van der Waals surface area contributed by atoms with Crippen molar-refractivity contribution in [1.29, 1.82) is 5.26 Å². The molecule has 3 aromatic rings. The van der Waals surface area contributed by atoms with Crippen LogP contribution in [0.5, 0.6) is 0 Å². The summed E-state index contributed by atoms with van der Waals surface area (Å²) in [6, 6.07) is 7.36. The zero-order chi connectivity index (χ0) is 25.8. The van der Waals surface area contributed by atoms with Crippen molar-refractivity contribution >= 4 is 29.1 Å². The zero-order valence-electron chi connectivity index (χ0n) is 21.4. The molecule has 0 spiro atoms. The summed E-state index contributed by atoms with van der Waals surface area (Å²) in [5.41, 5.74) is 2.10. The Labute approximate surface area is 213 Å². The standard InChI is InChI=1S/C25H34N6O3SSi/c1-24(7-8-24)35(32,33)30-17-25(18-30,9-10-26)31-16-20(15-28-31)21-5-11-27-23-22(21)6-12-29(23)19-34-13-14-36(2,3)4/h5-6,11-12,15-16H,7-9,13-14,17-19H2,1-4H3. The van der Waals surface area contributed by atoms with Crippen LogP contribution in [0.4, 0.5) is 0 Å². The minimum Gasteiger partial charge on any atom is -0.361 e. The largest absolute Gasteiger partial charge is 0.361 e. The molecule has 4 heterocycles. The number of rotatable bonds is 10. The van der Waals surface area contributed by atoms with Crippen molar-refractivity contribution in [3.05, 3.63) is 36.9 Å². The summed E-state index contributed by atoms with van der Waals surface area (Å²) >= 11 is 0. The minimum atomic E-state index is -3.35. The lowest BCUT2D eigenvalue weighted by Crippen LogP contribution is -2.65. The number of fused-ring (bicyclic) bond motifs is 1. The molecule has 0 amide bonds. The third-order valence-corrected chi connectivity index (χ3v) is 11.8. The average molecular weight is 527 g/mol. The molecule has 0 aromatic carbocycles. The van der Waals surface area contributed by atoms with Crippen LogP contribution in [-0.2, 0) is 27.0 Å². The van der Waals surface area contributed by atoms with Crippen LogP contribution in [0.3, 0.4) is 0 Å². The Kier molecular flexibility index (Phi) is 6.14. The maximum atomic E-state index is 12.9. The molecule has 1 aliphatic carbocycles. The van der Waals surface area contributed by atoms with Gasteiger partial charge in [0.15, 0.2) is 0 Å². The van der Waals surface area contributed by atoms with Crippen LogP contribution in [0.25, 0.3) is 22.2 Å². The van der Waals surface area contributed by atoms with Gasteiger partial charge in [-0.15, -0.1) is 0 Å². The summed E-state index contributed by atoms with van der Waals surface area (Å²) in [5.74, 6) is 0. The van der Waals surface area contributed by atoms with E-state index in [-0.39, 0.29) is 19.5 Å². The molecule has 1 saturated carbocycles. The number of sulfonamides is 1. The summed E-state index contributed by atoms with van der Waals surface area (Å²) in [7, 11) is -4.49. The van der Waals surface area contributed by atoms with Gasteiger partial charge in [-0.1, -0.05) is 19.6 Å². The molecule has 5 rings (SSSR count). The predicted molar refractivity (Wildman–Crippen MR) is 141 cm³/mol. The molecule has 1 aliphatic heterocycles. The second-order valence-electron chi connectivity index (χ2n) is 11.7. The van der Waals surface area contributed by atoms with Crippen LogP contribution in [0, 0.1) is 11.3 Å². The molecule has 2 aliphatic rings. The van der Waals surface area contributed by atoms with E-state index < -0.39 is 28.4 Å². The van der Waals surface area contributed by atoms with Crippen molar-refractivity contribution in [2.75, 3.05) is 19.7 Å². The maximum absolute atomic E-state index is 12.9. The maximum Gasteiger partial charge on any atom is 0.219 e. The van der Waals surface area contributed by atoms with Crippen molar-refractivity contribution in [2.45, 2.75) is 68.9 Å². The van der Waals surface area contributed by atoms with Crippen molar-refractivity contribution in [1.82, 2.24) is 23.6 Å². The molecular weight excluding hydrogens is 492 g/mol. The van der Waals surface area contributed by atoms with Gasteiger partial charge < -0.3 is 9.30 Å². The first kappa shape index (κ1) is 25.1. The molecule has 192 valence electrons. The van der Waals surface area contributed by atoms with E-state index in [2.05, 4.69) is 35.8 Å². The van der Waals surface area contributed by atoms with Crippen molar-refractivity contribution in [3.63, 3.8) is 0 Å². The Morgan fingerprint density at radius 1 is 1.22 bits per heavy atom. The molecule has 36 heavy (non-hydrogen) atoms. The quantitative estimate of drug-likeness (QED) is 0.292. The summed E-state index contributed by atoms with van der Waals surface area (Å²) in [6.45, 7) is 10.6. The Bertz CT molecular complexity index is 1420. The third kappa shape index (κ3) is 4.40. The molecule has 0 bridgehead atoms. The molecule has 3 aromatic heterocycles. The second kappa shape index (κ2) is 8.80. The first-order valence-corrected chi connectivity index (χ1v) is 17.6. The SMILES string of the molecule is CC1(S(=O)(=O)N2CC(CC#N)(n3cc(-c4ccnc5c4ccn5COCC[Si](C)(C)C)cn3)C2)CC1. The van der Waals surface area contributed by atoms with E-state index in [1.54, 1.807) is 24.0 Å². The van der Waals surface area contributed by atoms with E-state index in [1.807, 2.05) is 29.1 Å². The van der Waals surface area contributed by atoms with Gasteiger partial charge in [0.05, 0.1) is 23.4 Å². The number of aromatic nitrogens is 4. The number of nitrogens with zero attached hydrogens (tertiary/aromatic N) is 6. The molecule has 2 fully saturated rings. The monoisotopic (exact) mass is 526 g/mol. The lowest BCUT2D eigenvalue weighted by Gasteiger charge is -2.48. The highest BCUT2D eigenvalue weighted by molar-refractivity contribution is 7.90. The first-order chi connectivity index (χ1) is 17.0. The van der Waals surface area contributed by atoms with E-state index in [0.29, 0.717) is 19.6 Å². The number of ether oxygens (including phenoxy) is 1. The van der Waals surface area contributed by atoms with Crippen molar-refractivity contribution in [2.24, 2.45) is 0 Å². The summed E-state index contributed by atoms with van der Waals surface area (Å²) in [6.07, 6.45) is 9.09. The van der Waals surface area contributed by atoms with Crippen molar-refractivity contribution < 1.29 is 13.2 Å². The fraction of sp³-hybridized carbons (Fsp3) is 0.560. The Morgan fingerprint density at radius 2 is 1.97 bits per heavy atom. The van der Waals surface area contributed by atoms with Gasteiger partial charge in [0, 0.05) is 57.3 Å². The molecule has 0 unspecified atom stereocenters. The van der Waals surface area contributed by atoms with Gasteiger partial charge in [0.1, 0.15) is 17.9 Å². The number of hydrogen-bond acceptors (Lipinski definition) is 6. The fourth-order valence-electron chi connectivity index (χ4n) is 4.72. The average Bonchev–Trinajstić information content (AvgIpc) is 3.20. The molecule has 11 heteroatoms. The van der Waals surface area contributed by atoms with Crippen LogP contribution in [0.2, 0.25) is 25.7 Å². The summed E-state index contributed by atoms with van der Waals surface area (Å²) in [4.78, 5) is 4.58. The third-order valence-electron chi connectivity index (χ3n) is 7.53. The van der Waals surface area contributed by atoms with Gasteiger partial charge in [-0.25, -0.2) is 13.4 Å². The Balaban J connectivity index is 1.35. The van der Waals surface area contributed by atoms with Gasteiger partial charge >= 0.3 is 0 Å². The smallest absolute Gasteiger partial charge is 0.219 e. The number of nitriles is 1. The molecule has 0 N–H and O–H groups in total. The lowest BCUT2D eigenvalue weighted by molar-refractivity contribution is 0.0707. The summed E-state index contributed by atoms with van der Waals surface area (Å²) in [5, 5.41) is 15.1. The van der Waals surface area contributed by atoms with Crippen LogP contribution in [0.15, 0.2) is 36.9 Å². The lowest BCUT2D eigenvalue weighted by atomic mass is 9.89. The number of pyridine rings is 1. The van der Waals surface area contributed by atoms with Crippen molar-refractivity contribution in [3.8, 4) is 17.2 Å². The second-order valence-corrected chi connectivity index (χ2v) is 19.8. The van der Waals surface area contributed by atoms with Gasteiger partial charge in [-0.2, -0.15) is 14.7 Å². The van der Waals surface area contributed by atoms with Crippen LogP contribution in [0.1, 0.15) is 26.2 Å². The normalized spacial score (nSPS) is 19.2. The Hall–Kier alpha value is -2.52. The van der Waals surface area contributed by atoms with Gasteiger partial charge in [0.25, 0.3) is 0 Å². The van der Waals surface area contributed by atoms with E-state index in [0.717, 1.165) is 34.8 Å². The zero-order valence-corrected chi connectivity index (χ0v) is 23.3. The molecule has 0 radical (unpaired) electrons. The Morgan fingerprint density at radius 3 is 2.64 bits per heavy atom. The van der Waals surface area contributed by atoms with E-state index >= 15 is 0 Å². The fourth-order valence-corrected chi connectivity index (χ4v) is 7.54. The highest BCUT2D eigenvalue weighted by atomic mass is 32.2. The first-order valence-electron chi connectivity index (χ1n) is 12.4. The van der Waals surface area contributed by atoms with Crippen LogP contribution in [-0.4, -0.2) is 64.6 Å². The molecule has 1 saturated heterocycles. The molecule has 0 atom stereocenters. The highest BCUT2D eigenvalue weighted by Crippen LogP contribution is 2.48. The van der Waals surface area contributed by atoms with Gasteiger partial charge in [-0.3, -0.25) is 4.68 Å².